The summed E-state index contributed by atoms with van der Waals surface area (Å²) in [5, 5.41) is 7.32. The van der Waals surface area contributed by atoms with E-state index in [4.69, 9.17) is 14.2 Å². The second-order valence-electron chi connectivity index (χ2n) is 6.49. The van der Waals surface area contributed by atoms with Crippen molar-refractivity contribution in [2.75, 3.05) is 0 Å². The van der Waals surface area contributed by atoms with E-state index in [1.54, 1.807) is 29.0 Å². The number of imidazole rings is 1. The Morgan fingerprint density at radius 2 is 1.53 bits per heavy atom. The highest BCUT2D eigenvalue weighted by molar-refractivity contribution is 8.93. The molecule has 0 unspecified atom stereocenters. The second kappa shape index (κ2) is 12.5. The quantitative estimate of drug-likeness (QED) is 0.257. The van der Waals surface area contributed by atoms with Crippen LogP contribution < -0.4 is 5.68 Å². The van der Waals surface area contributed by atoms with Crippen molar-refractivity contribution in [2.45, 2.75) is 14.0 Å². The van der Waals surface area contributed by atoms with Crippen LogP contribution in [0.3, 0.4) is 0 Å². The van der Waals surface area contributed by atoms with Crippen LogP contribution in [0.25, 0.3) is 17.1 Å². The third-order valence-corrected chi connectivity index (χ3v) is 4.39. The van der Waals surface area contributed by atoms with E-state index in [0.717, 1.165) is 11.3 Å². The molecule has 0 aliphatic carbocycles. The minimum Gasteiger partial charge on any atom is -0.432 e. The second-order valence-corrected chi connectivity index (χ2v) is 6.49. The molecule has 0 fully saturated rings. The van der Waals surface area contributed by atoms with Crippen LogP contribution in [-0.2, 0) is 6.54 Å². The number of hydrogen-bond donors (Lipinski definition) is 1. The number of aromatic nitrogens is 3. The van der Waals surface area contributed by atoms with Gasteiger partial charge in [0.15, 0.2) is 5.78 Å². The summed E-state index contributed by atoms with van der Waals surface area (Å²) in [7, 11) is 0. The molecule has 0 amide bonds. The molecule has 0 aliphatic rings. The van der Waals surface area contributed by atoms with E-state index in [-0.39, 0.29) is 62.5 Å². The number of carbonyl (C=O) groups excluding carboxylic acids is 1. The van der Waals surface area contributed by atoms with Crippen molar-refractivity contribution in [3.8, 4) is 11.3 Å². The number of oxazole rings is 2. The SMILES string of the molecule is Br.C.Fc1ccc(-c2cn3ccoc3n2)cc1.N=c1occn1CC(=O)c1ccc(F)cc1.[B]. The summed E-state index contributed by atoms with van der Waals surface area (Å²) in [6, 6.07) is 11.5. The molecule has 3 aromatic heterocycles. The molecule has 5 aromatic rings. The molecule has 3 heterocycles. The summed E-state index contributed by atoms with van der Waals surface area (Å²) in [6.45, 7) is 0.0148. The monoisotopic (exact) mass is 529 g/mol. The van der Waals surface area contributed by atoms with E-state index in [1.807, 2.05) is 6.20 Å². The molecule has 0 atom stereocenters. The van der Waals surface area contributed by atoms with E-state index in [2.05, 4.69) is 4.98 Å². The molecule has 1 N–H and O–H groups in total. The average molecular weight is 530 g/mol. The van der Waals surface area contributed by atoms with Crippen LogP contribution in [0.4, 0.5) is 8.78 Å². The van der Waals surface area contributed by atoms with E-state index in [9.17, 15) is 13.6 Å². The Morgan fingerprint density at radius 1 is 0.941 bits per heavy atom. The highest BCUT2D eigenvalue weighted by Gasteiger charge is 2.08. The number of benzene rings is 2. The molecule has 175 valence electrons. The first kappa shape index (κ1) is 28.3. The largest absolute Gasteiger partial charge is 0.432 e. The van der Waals surface area contributed by atoms with Crippen molar-refractivity contribution in [1.29, 1.82) is 5.41 Å². The average Bonchev–Trinajstić information content (AvgIpc) is 3.47. The summed E-state index contributed by atoms with van der Waals surface area (Å²) in [6.07, 6.45) is 8.02. The van der Waals surface area contributed by atoms with E-state index >= 15 is 0 Å². The Kier molecular flexibility index (Phi) is 10.4. The van der Waals surface area contributed by atoms with Gasteiger partial charge in [-0.2, -0.15) is 4.98 Å². The molecule has 7 nitrogen and oxygen atoms in total. The maximum absolute atomic E-state index is 12.7. The van der Waals surface area contributed by atoms with Gasteiger partial charge < -0.3 is 8.83 Å². The molecular weight excluding hydrogens is 509 g/mol. The van der Waals surface area contributed by atoms with Crippen LogP contribution in [-0.4, -0.2) is 28.1 Å². The van der Waals surface area contributed by atoms with Crippen molar-refractivity contribution in [3.05, 3.63) is 103 Å². The summed E-state index contributed by atoms with van der Waals surface area (Å²) in [5.74, 6) is -0.287. The molecule has 34 heavy (non-hydrogen) atoms. The van der Waals surface area contributed by atoms with Crippen LogP contribution in [0.15, 0.2) is 88.5 Å². The van der Waals surface area contributed by atoms with Gasteiger partial charge in [-0.3, -0.25) is 19.2 Å². The molecular formula is C23H21BBrF2N4O3. The number of nitrogens with zero attached hydrogens (tertiary/aromatic N) is 3. The molecule has 2 aromatic carbocycles. The van der Waals surface area contributed by atoms with Crippen molar-refractivity contribution in [2.24, 2.45) is 0 Å². The van der Waals surface area contributed by atoms with Crippen LogP contribution in [0.5, 0.6) is 0 Å². The predicted octanol–water partition coefficient (Wildman–Crippen LogP) is 5.15. The van der Waals surface area contributed by atoms with E-state index < -0.39 is 0 Å². The predicted molar refractivity (Wildman–Crippen MR) is 129 cm³/mol. The zero-order chi connectivity index (χ0) is 21.8. The molecule has 0 saturated heterocycles. The molecule has 0 spiro atoms. The molecule has 11 heteroatoms. The lowest BCUT2D eigenvalue weighted by Gasteiger charge is -2.01. The summed E-state index contributed by atoms with van der Waals surface area (Å²) in [4.78, 5) is 16.0. The zero-order valence-electron chi connectivity index (χ0n) is 17.0. The topological polar surface area (TPSA) is 89.4 Å². The van der Waals surface area contributed by atoms with Crippen LogP contribution in [0, 0.1) is 17.0 Å². The Labute approximate surface area is 206 Å². The first-order chi connectivity index (χ1) is 15.0. The number of halogens is 3. The Balaban J connectivity index is 0.000000313. The first-order valence-corrected chi connectivity index (χ1v) is 9.15. The van der Waals surface area contributed by atoms with Gasteiger partial charge in [-0.25, -0.2) is 8.78 Å². The van der Waals surface area contributed by atoms with Crippen LogP contribution in [0.1, 0.15) is 17.8 Å². The number of fused-ring (bicyclic) bond motifs is 1. The van der Waals surface area contributed by atoms with Gasteiger partial charge in [0.05, 0.1) is 12.2 Å². The minimum atomic E-state index is -0.381. The molecule has 5 rings (SSSR count). The number of hydrogen-bond acceptors (Lipinski definition) is 5. The van der Waals surface area contributed by atoms with Gasteiger partial charge in [-0.05, 0) is 48.5 Å². The zero-order valence-corrected chi connectivity index (χ0v) is 18.7. The molecule has 0 aliphatic heterocycles. The molecule has 0 bridgehead atoms. The fourth-order valence-corrected chi connectivity index (χ4v) is 2.80. The summed E-state index contributed by atoms with van der Waals surface area (Å²) >= 11 is 0. The van der Waals surface area contributed by atoms with Gasteiger partial charge >= 0.3 is 5.84 Å². The minimum absolute atomic E-state index is 0. The van der Waals surface area contributed by atoms with Crippen molar-refractivity contribution in [1.82, 2.24) is 14.0 Å². The number of nitrogens with one attached hydrogen (secondary N) is 1. The smallest absolute Gasteiger partial charge is 0.306 e. The first-order valence-electron chi connectivity index (χ1n) is 9.15. The fourth-order valence-electron chi connectivity index (χ4n) is 2.80. The van der Waals surface area contributed by atoms with Gasteiger partial charge in [-0.1, -0.05) is 7.43 Å². The summed E-state index contributed by atoms with van der Waals surface area (Å²) in [5.41, 5.74) is 1.97. The Morgan fingerprint density at radius 3 is 2.09 bits per heavy atom. The number of Topliss-reactive ketones (excluding diaryl/α,β-unsaturated/α-hetero) is 1. The molecule has 0 saturated carbocycles. The maximum Gasteiger partial charge on any atom is 0.306 e. The molecule has 3 radical (unpaired) electrons. The normalized spacial score (nSPS) is 9.71. The highest BCUT2D eigenvalue weighted by atomic mass is 79.9. The fraction of sp³-hybridized carbons (Fsp3) is 0.0870. The number of rotatable bonds is 4. The highest BCUT2D eigenvalue weighted by Crippen LogP contribution is 2.19. The lowest BCUT2D eigenvalue weighted by Crippen LogP contribution is -2.19. The van der Waals surface area contributed by atoms with Crippen molar-refractivity contribution < 1.29 is 22.4 Å². The van der Waals surface area contributed by atoms with Crippen molar-refractivity contribution in [3.63, 3.8) is 0 Å². The van der Waals surface area contributed by atoms with E-state index in [1.165, 1.54) is 53.4 Å². The Bertz CT molecular complexity index is 1350. The summed E-state index contributed by atoms with van der Waals surface area (Å²) < 4.78 is 38.3. The number of carbonyl (C=O) groups is 1. The van der Waals surface area contributed by atoms with Crippen LogP contribution in [0.2, 0.25) is 0 Å². The Hall–Kier alpha value is -3.73. The third-order valence-electron chi connectivity index (χ3n) is 4.39. The van der Waals surface area contributed by atoms with Gasteiger partial charge in [0, 0.05) is 38.1 Å². The van der Waals surface area contributed by atoms with Gasteiger partial charge in [0.2, 0.25) is 0 Å². The van der Waals surface area contributed by atoms with Gasteiger partial charge in [0.25, 0.3) is 5.68 Å². The number of ketones is 1. The van der Waals surface area contributed by atoms with Gasteiger partial charge in [-0.15, -0.1) is 17.0 Å². The lowest BCUT2D eigenvalue weighted by molar-refractivity contribution is 0.0968. The lowest BCUT2D eigenvalue weighted by atomic mass is 10.1. The van der Waals surface area contributed by atoms with Crippen molar-refractivity contribution >= 4 is 37.0 Å². The third kappa shape index (κ3) is 6.64. The standard InChI is InChI=1S/C11H9FN2O2.C11H7FN2O.CH4.B.BrH/c12-9-3-1-8(2-4-9)10(15)7-14-5-6-16-11(14)13;12-9-3-1-8(2-4-9)10-7-14-5-6-15-11(14)13-10;;;/h1-6,13H,7H2;1-7H;1H4;;1H. The maximum atomic E-state index is 12.7. The van der Waals surface area contributed by atoms with Crippen LogP contribution >= 0.6 is 17.0 Å². The van der Waals surface area contributed by atoms with Gasteiger partial charge in [0.1, 0.15) is 24.2 Å². The van der Waals surface area contributed by atoms with E-state index in [0.29, 0.717) is 11.4 Å².